The minimum absolute atomic E-state index is 0.123. The minimum Gasteiger partial charge on any atom is -0.476 e. The smallest absolute Gasteiger partial charge is 0.360 e. The van der Waals surface area contributed by atoms with Crippen LogP contribution in [0.2, 0.25) is 0 Å². The second kappa shape index (κ2) is 2.91. The molecule has 7 heteroatoms. The molecule has 0 amide bonds. The molecule has 1 aromatic rings. The molecule has 0 atom stereocenters. The first kappa shape index (κ1) is 8.05. The van der Waals surface area contributed by atoms with Gasteiger partial charge in [0.25, 0.3) is 6.01 Å². The van der Waals surface area contributed by atoms with E-state index in [4.69, 9.17) is 16.0 Å². The summed E-state index contributed by atoms with van der Waals surface area (Å²) in [5, 5.41) is 19.2. The molecule has 0 spiro atoms. The lowest BCUT2D eigenvalue weighted by Crippen LogP contribution is -2.14. The van der Waals surface area contributed by atoms with Gasteiger partial charge in [0.1, 0.15) is 12.0 Å². The quantitative estimate of drug-likeness (QED) is 0.314. The van der Waals surface area contributed by atoms with Crippen molar-refractivity contribution in [3.63, 3.8) is 0 Å². The fourth-order valence-corrected chi connectivity index (χ4v) is 0.600. The van der Waals surface area contributed by atoms with Crippen molar-refractivity contribution in [3.05, 3.63) is 12.0 Å². The molecular formula is C5H5N3O4. The number of carboxylic acids is 1. The van der Waals surface area contributed by atoms with Gasteiger partial charge in [-0.25, -0.2) is 4.79 Å². The van der Waals surface area contributed by atoms with Gasteiger partial charge in [0, 0.05) is 0 Å². The Morgan fingerprint density at radius 2 is 2.42 bits per heavy atom. The van der Waals surface area contributed by atoms with Gasteiger partial charge < -0.3 is 20.5 Å². The Morgan fingerprint density at radius 1 is 1.75 bits per heavy atom. The third-order valence-corrected chi connectivity index (χ3v) is 1.07. The lowest BCUT2D eigenvalue weighted by atomic mass is 10.3. The van der Waals surface area contributed by atoms with E-state index in [1.165, 1.54) is 0 Å². The van der Waals surface area contributed by atoms with Crippen molar-refractivity contribution in [2.45, 2.75) is 0 Å². The molecule has 0 aliphatic heterocycles. The fourth-order valence-electron chi connectivity index (χ4n) is 0.600. The van der Waals surface area contributed by atoms with Crippen LogP contribution >= 0.6 is 0 Å². The van der Waals surface area contributed by atoms with Crippen molar-refractivity contribution in [3.8, 4) is 0 Å². The summed E-state index contributed by atoms with van der Waals surface area (Å²) in [7, 11) is 0. The second-order valence-electron chi connectivity index (χ2n) is 1.82. The number of hydrogen-bond donors (Lipinski definition) is 3. The van der Waals surface area contributed by atoms with E-state index in [-0.39, 0.29) is 11.7 Å². The maximum atomic E-state index is 10.3. The van der Waals surface area contributed by atoms with Crippen molar-refractivity contribution in [1.82, 2.24) is 4.98 Å². The molecule has 7 nitrogen and oxygen atoms in total. The van der Waals surface area contributed by atoms with Gasteiger partial charge in [0.15, 0.2) is 0 Å². The molecule has 0 aliphatic carbocycles. The number of oxime groups is 1. The first-order chi connectivity index (χ1) is 5.65. The predicted octanol–water partition coefficient (Wildman–Crippen LogP) is -0.480. The van der Waals surface area contributed by atoms with Crippen molar-refractivity contribution < 1.29 is 19.5 Å². The lowest BCUT2D eigenvalue weighted by Gasteiger charge is -1.89. The molecule has 4 N–H and O–H groups in total. The van der Waals surface area contributed by atoms with E-state index >= 15 is 0 Å². The third kappa shape index (κ3) is 1.34. The molecule has 0 aliphatic rings. The number of rotatable bonds is 2. The second-order valence-corrected chi connectivity index (χ2v) is 1.82. The summed E-state index contributed by atoms with van der Waals surface area (Å²) in [6.07, 6.45) is 0.985. The van der Waals surface area contributed by atoms with Gasteiger partial charge in [-0.05, 0) is 0 Å². The number of aliphatic carboxylic acids is 1. The molecule has 0 bridgehead atoms. The van der Waals surface area contributed by atoms with E-state index in [2.05, 4.69) is 14.6 Å². The van der Waals surface area contributed by atoms with Crippen LogP contribution in [-0.4, -0.2) is 27.0 Å². The van der Waals surface area contributed by atoms with Crippen LogP contribution in [0, 0.1) is 0 Å². The number of nitrogens with two attached hydrogens (primary N) is 1. The molecular weight excluding hydrogens is 166 g/mol. The molecule has 0 fully saturated rings. The summed E-state index contributed by atoms with van der Waals surface area (Å²) >= 11 is 0. The van der Waals surface area contributed by atoms with Gasteiger partial charge in [-0.2, -0.15) is 4.98 Å². The van der Waals surface area contributed by atoms with Crippen LogP contribution in [-0.2, 0) is 4.79 Å². The number of nitrogen functional groups attached to an aromatic ring is 1. The van der Waals surface area contributed by atoms with Crippen LogP contribution in [0.15, 0.2) is 15.8 Å². The summed E-state index contributed by atoms with van der Waals surface area (Å²) < 4.78 is 4.51. The molecule has 0 radical (unpaired) electrons. The van der Waals surface area contributed by atoms with E-state index in [9.17, 15) is 4.79 Å². The van der Waals surface area contributed by atoms with Crippen LogP contribution in [0.4, 0.5) is 6.01 Å². The fraction of sp³-hybridized carbons (Fsp3) is 0. The summed E-state index contributed by atoms with van der Waals surface area (Å²) in [6.45, 7) is 0. The number of oxazole rings is 1. The highest BCUT2D eigenvalue weighted by Crippen LogP contribution is 2.04. The van der Waals surface area contributed by atoms with Gasteiger partial charge in [-0.1, -0.05) is 5.16 Å². The van der Waals surface area contributed by atoms with Crippen LogP contribution in [0.25, 0.3) is 0 Å². The largest absolute Gasteiger partial charge is 0.476 e. The highest BCUT2D eigenvalue weighted by Gasteiger charge is 2.16. The Hall–Kier alpha value is -2.05. The number of carbonyl (C=O) groups is 1. The standard InChI is InChI=1S/C5H5N3O4/c6-5-7-2(1-12-5)3(8-11)4(9)10/h1,11H,(H2,6,7)(H,9,10). The van der Waals surface area contributed by atoms with E-state index in [1.807, 2.05) is 0 Å². The lowest BCUT2D eigenvalue weighted by molar-refractivity contribution is -0.129. The molecule has 0 unspecified atom stereocenters. The Morgan fingerprint density at radius 3 is 2.75 bits per heavy atom. The summed E-state index contributed by atoms with van der Waals surface area (Å²) in [5.41, 5.74) is 4.33. The molecule has 0 aromatic carbocycles. The Kier molecular flexibility index (Phi) is 1.95. The number of anilines is 1. The van der Waals surface area contributed by atoms with Gasteiger partial charge in [0.2, 0.25) is 5.71 Å². The van der Waals surface area contributed by atoms with Crippen molar-refractivity contribution in [2.75, 3.05) is 5.73 Å². The van der Waals surface area contributed by atoms with Crippen LogP contribution in [0.1, 0.15) is 5.69 Å². The molecule has 1 aromatic heterocycles. The van der Waals surface area contributed by atoms with Gasteiger partial charge in [-0.15, -0.1) is 0 Å². The summed E-state index contributed by atoms with van der Waals surface area (Å²) in [6, 6.07) is -0.188. The average Bonchev–Trinajstić information content (AvgIpc) is 2.37. The average molecular weight is 171 g/mol. The van der Waals surface area contributed by atoms with Gasteiger partial charge >= 0.3 is 5.97 Å². The molecule has 12 heavy (non-hydrogen) atoms. The highest BCUT2D eigenvalue weighted by molar-refractivity contribution is 6.41. The molecule has 0 saturated heterocycles. The molecule has 0 saturated carbocycles. The van der Waals surface area contributed by atoms with Crippen LogP contribution in [0.5, 0.6) is 0 Å². The zero-order chi connectivity index (χ0) is 9.14. The Balaban J connectivity index is 3.04. The van der Waals surface area contributed by atoms with Crippen molar-refractivity contribution in [1.29, 1.82) is 0 Å². The minimum atomic E-state index is -1.41. The first-order valence-electron chi connectivity index (χ1n) is 2.82. The molecule has 64 valence electrons. The third-order valence-electron chi connectivity index (χ3n) is 1.07. The first-order valence-corrected chi connectivity index (χ1v) is 2.82. The number of hydrogen-bond acceptors (Lipinski definition) is 6. The maximum Gasteiger partial charge on any atom is 0.360 e. The van der Waals surface area contributed by atoms with Crippen LogP contribution in [0.3, 0.4) is 0 Å². The number of aromatic nitrogens is 1. The van der Waals surface area contributed by atoms with E-state index in [1.54, 1.807) is 0 Å². The topological polar surface area (TPSA) is 122 Å². The highest BCUT2D eigenvalue weighted by atomic mass is 16.4. The van der Waals surface area contributed by atoms with Crippen LogP contribution < -0.4 is 5.73 Å². The number of carboxylic acid groups (broad SMARTS) is 1. The predicted molar refractivity (Wildman–Crippen MR) is 36.9 cm³/mol. The summed E-state index contributed by atoms with van der Waals surface area (Å²) in [5.74, 6) is -1.41. The zero-order valence-corrected chi connectivity index (χ0v) is 5.76. The normalized spacial score (nSPS) is 11.5. The van der Waals surface area contributed by atoms with E-state index in [0.717, 1.165) is 6.26 Å². The van der Waals surface area contributed by atoms with Gasteiger partial charge in [0.05, 0.1) is 0 Å². The van der Waals surface area contributed by atoms with Gasteiger partial charge in [-0.3, -0.25) is 0 Å². The monoisotopic (exact) mass is 171 g/mol. The zero-order valence-electron chi connectivity index (χ0n) is 5.76. The Bertz CT molecular complexity index is 329. The van der Waals surface area contributed by atoms with E-state index < -0.39 is 11.7 Å². The number of nitrogens with zero attached hydrogens (tertiary/aromatic N) is 2. The SMILES string of the molecule is Nc1nc(C(=NO)C(=O)O)co1. The van der Waals surface area contributed by atoms with E-state index in [0.29, 0.717) is 0 Å². The Labute approximate surface area is 66.1 Å². The maximum absolute atomic E-state index is 10.3. The summed E-state index contributed by atoms with van der Waals surface area (Å²) in [4.78, 5) is 13.8. The van der Waals surface area contributed by atoms with Crippen molar-refractivity contribution in [2.24, 2.45) is 5.16 Å². The molecule has 1 heterocycles. The molecule has 1 rings (SSSR count). The van der Waals surface area contributed by atoms with Crippen molar-refractivity contribution >= 4 is 17.7 Å².